The molecule has 1 unspecified atom stereocenters. The van der Waals surface area contributed by atoms with E-state index in [0.29, 0.717) is 12.1 Å². The molecule has 0 spiro atoms. The fourth-order valence-electron chi connectivity index (χ4n) is 1.72. The zero-order valence-electron chi connectivity index (χ0n) is 8.25. The van der Waals surface area contributed by atoms with Gasteiger partial charge in [-0.2, -0.15) is 0 Å². The molecule has 0 radical (unpaired) electrons. The maximum atomic E-state index is 5.64. The summed E-state index contributed by atoms with van der Waals surface area (Å²) in [5, 5.41) is 6.74. The van der Waals surface area contributed by atoms with E-state index in [-0.39, 0.29) is 0 Å². The summed E-state index contributed by atoms with van der Waals surface area (Å²) in [6.07, 6.45) is 0.388. The average Bonchev–Trinajstić information content (AvgIpc) is 2.01. The second kappa shape index (κ2) is 4.37. The molecule has 4 nitrogen and oxygen atoms in total. The van der Waals surface area contributed by atoms with Gasteiger partial charge in [-0.15, -0.1) is 0 Å². The Labute approximate surface area is 79.6 Å². The van der Waals surface area contributed by atoms with E-state index < -0.39 is 0 Å². The number of morpholine rings is 1. The number of ether oxygens (including phenoxy) is 1. The van der Waals surface area contributed by atoms with E-state index >= 15 is 0 Å². The molecule has 13 heavy (non-hydrogen) atoms. The molecule has 0 saturated carbocycles. The normalized spacial score (nSPS) is 31.6. The first-order valence-electron chi connectivity index (χ1n) is 5.09. The Morgan fingerprint density at radius 1 is 1.54 bits per heavy atom. The first kappa shape index (κ1) is 9.40. The Balaban J connectivity index is 1.62. The monoisotopic (exact) mass is 185 g/mol. The minimum atomic E-state index is 0.388. The van der Waals surface area contributed by atoms with Crippen LogP contribution in [0.25, 0.3) is 0 Å². The third kappa shape index (κ3) is 2.64. The molecule has 2 N–H and O–H groups in total. The second-order valence-electron chi connectivity index (χ2n) is 4.02. The lowest BCUT2D eigenvalue weighted by atomic mass is 10.1. The van der Waals surface area contributed by atoms with Crippen LogP contribution in [0.15, 0.2) is 0 Å². The minimum Gasteiger partial charge on any atom is -0.374 e. The van der Waals surface area contributed by atoms with Crippen molar-refractivity contribution in [3.8, 4) is 0 Å². The van der Waals surface area contributed by atoms with E-state index in [1.807, 2.05) is 0 Å². The fourth-order valence-corrected chi connectivity index (χ4v) is 1.72. The summed E-state index contributed by atoms with van der Waals surface area (Å²) in [4.78, 5) is 2.33. The van der Waals surface area contributed by atoms with Crippen molar-refractivity contribution in [3.63, 3.8) is 0 Å². The Kier molecular flexibility index (Phi) is 3.16. The van der Waals surface area contributed by atoms with Gasteiger partial charge in [0, 0.05) is 38.8 Å². The number of nitrogens with zero attached hydrogens (tertiary/aromatic N) is 1. The van der Waals surface area contributed by atoms with Crippen LogP contribution in [-0.4, -0.2) is 63.4 Å². The summed E-state index contributed by atoms with van der Waals surface area (Å²) in [6.45, 7) is 6.24. The summed E-state index contributed by atoms with van der Waals surface area (Å²) < 4.78 is 5.64. The number of hydrogen-bond acceptors (Lipinski definition) is 4. The van der Waals surface area contributed by atoms with Crippen LogP contribution in [0.3, 0.4) is 0 Å². The molecule has 0 aliphatic carbocycles. The molecule has 0 aromatic carbocycles. The predicted molar refractivity (Wildman–Crippen MR) is 51.9 cm³/mol. The highest BCUT2D eigenvalue weighted by molar-refractivity contribution is 4.83. The summed E-state index contributed by atoms with van der Waals surface area (Å²) in [5.74, 6) is 0. The van der Waals surface area contributed by atoms with Crippen LogP contribution >= 0.6 is 0 Å². The molecular formula is C9H19N3O. The van der Waals surface area contributed by atoms with Crippen LogP contribution in [0.2, 0.25) is 0 Å². The van der Waals surface area contributed by atoms with E-state index in [0.717, 1.165) is 39.3 Å². The van der Waals surface area contributed by atoms with Crippen molar-refractivity contribution < 1.29 is 4.74 Å². The molecule has 0 amide bonds. The SMILES string of the molecule is CN1CCOC(CNC2CNC2)C1. The van der Waals surface area contributed by atoms with Gasteiger partial charge in [-0.3, -0.25) is 0 Å². The maximum absolute atomic E-state index is 5.64. The van der Waals surface area contributed by atoms with Crippen LogP contribution in [0.1, 0.15) is 0 Å². The molecule has 2 heterocycles. The Morgan fingerprint density at radius 3 is 3.00 bits per heavy atom. The molecule has 2 saturated heterocycles. The van der Waals surface area contributed by atoms with Crippen LogP contribution in [0, 0.1) is 0 Å². The Hall–Kier alpha value is -0.160. The fraction of sp³-hybridized carbons (Fsp3) is 1.00. The first-order valence-corrected chi connectivity index (χ1v) is 5.09. The zero-order valence-corrected chi connectivity index (χ0v) is 8.25. The Bertz CT molecular complexity index is 161. The molecule has 0 aromatic heterocycles. The molecule has 1 atom stereocenters. The molecule has 76 valence electrons. The second-order valence-corrected chi connectivity index (χ2v) is 4.02. The number of likely N-dealkylation sites (N-methyl/N-ethyl adjacent to an activating group) is 1. The van der Waals surface area contributed by atoms with Gasteiger partial charge in [0.05, 0.1) is 12.7 Å². The lowest BCUT2D eigenvalue weighted by molar-refractivity contribution is -0.0199. The van der Waals surface area contributed by atoms with Gasteiger partial charge >= 0.3 is 0 Å². The van der Waals surface area contributed by atoms with Crippen LogP contribution in [0.5, 0.6) is 0 Å². The molecule has 2 aliphatic rings. The van der Waals surface area contributed by atoms with Gasteiger partial charge in [0.1, 0.15) is 0 Å². The summed E-state index contributed by atoms with van der Waals surface area (Å²) in [5.41, 5.74) is 0. The van der Waals surface area contributed by atoms with E-state index in [1.54, 1.807) is 0 Å². The van der Waals surface area contributed by atoms with Gasteiger partial charge in [0.25, 0.3) is 0 Å². The standard InChI is InChI=1S/C9H19N3O/c1-12-2-3-13-9(7-12)6-11-8-4-10-5-8/h8-11H,2-7H2,1H3. The van der Waals surface area contributed by atoms with E-state index in [2.05, 4.69) is 22.6 Å². The summed E-state index contributed by atoms with van der Waals surface area (Å²) >= 11 is 0. The molecule has 2 fully saturated rings. The van der Waals surface area contributed by atoms with Crippen molar-refractivity contribution in [1.82, 2.24) is 15.5 Å². The van der Waals surface area contributed by atoms with Crippen molar-refractivity contribution in [2.75, 3.05) is 46.4 Å². The lowest BCUT2D eigenvalue weighted by Crippen LogP contribution is -2.58. The van der Waals surface area contributed by atoms with Gasteiger partial charge < -0.3 is 20.3 Å². The quantitative estimate of drug-likeness (QED) is 0.584. The molecule has 0 bridgehead atoms. The average molecular weight is 185 g/mol. The molecule has 2 rings (SSSR count). The van der Waals surface area contributed by atoms with Gasteiger partial charge in [0.2, 0.25) is 0 Å². The predicted octanol–water partition coefficient (Wildman–Crippen LogP) is -1.12. The third-order valence-corrected chi connectivity index (χ3v) is 2.76. The molecule has 2 aliphatic heterocycles. The highest BCUT2D eigenvalue weighted by Crippen LogP contribution is 2.02. The van der Waals surface area contributed by atoms with Crippen molar-refractivity contribution in [2.45, 2.75) is 12.1 Å². The third-order valence-electron chi connectivity index (χ3n) is 2.76. The van der Waals surface area contributed by atoms with E-state index in [9.17, 15) is 0 Å². The maximum Gasteiger partial charge on any atom is 0.0826 e. The van der Waals surface area contributed by atoms with Crippen LogP contribution < -0.4 is 10.6 Å². The van der Waals surface area contributed by atoms with Crippen molar-refractivity contribution in [3.05, 3.63) is 0 Å². The first-order chi connectivity index (χ1) is 6.34. The number of hydrogen-bond donors (Lipinski definition) is 2. The van der Waals surface area contributed by atoms with Gasteiger partial charge in [-0.1, -0.05) is 0 Å². The topological polar surface area (TPSA) is 36.5 Å². The van der Waals surface area contributed by atoms with Gasteiger partial charge in [-0.25, -0.2) is 0 Å². The van der Waals surface area contributed by atoms with Gasteiger partial charge in [0.15, 0.2) is 0 Å². The zero-order chi connectivity index (χ0) is 9.10. The highest BCUT2D eigenvalue weighted by atomic mass is 16.5. The number of nitrogens with one attached hydrogen (secondary N) is 2. The van der Waals surface area contributed by atoms with Crippen molar-refractivity contribution in [1.29, 1.82) is 0 Å². The largest absolute Gasteiger partial charge is 0.374 e. The van der Waals surface area contributed by atoms with E-state index in [1.165, 1.54) is 0 Å². The molecule has 4 heteroatoms. The van der Waals surface area contributed by atoms with Crippen LogP contribution in [0.4, 0.5) is 0 Å². The van der Waals surface area contributed by atoms with Crippen molar-refractivity contribution >= 4 is 0 Å². The summed E-state index contributed by atoms with van der Waals surface area (Å²) in [7, 11) is 2.15. The van der Waals surface area contributed by atoms with Crippen LogP contribution in [-0.2, 0) is 4.74 Å². The number of rotatable bonds is 3. The smallest absolute Gasteiger partial charge is 0.0826 e. The minimum absolute atomic E-state index is 0.388. The Morgan fingerprint density at radius 2 is 2.38 bits per heavy atom. The molecule has 0 aromatic rings. The highest BCUT2D eigenvalue weighted by Gasteiger charge is 2.21. The van der Waals surface area contributed by atoms with Gasteiger partial charge in [-0.05, 0) is 7.05 Å². The lowest BCUT2D eigenvalue weighted by Gasteiger charge is -2.33. The van der Waals surface area contributed by atoms with E-state index in [4.69, 9.17) is 4.74 Å². The molecular weight excluding hydrogens is 166 g/mol. The van der Waals surface area contributed by atoms with Crippen molar-refractivity contribution in [2.24, 2.45) is 0 Å². The summed E-state index contributed by atoms with van der Waals surface area (Å²) in [6, 6.07) is 0.677.